The van der Waals surface area contributed by atoms with Crippen molar-refractivity contribution in [1.82, 2.24) is 0 Å². The van der Waals surface area contributed by atoms with Gasteiger partial charge in [-0.25, -0.2) is 0 Å². The van der Waals surface area contributed by atoms with E-state index in [9.17, 15) is 15.2 Å². The summed E-state index contributed by atoms with van der Waals surface area (Å²) >= 11 is 6.01. The van der Waals surface area contributed by atoms with Gasteiger partial charge in [0.1, 0.15) is 5.69 Å². The summed E-state index contributed by atoms with van der Waals surface area (Å²) in [5.74, 6) is 1.42. The summed E-state index contributed by atoms with van der Waals surface area (Å²) in [6.07, 6.45) is 4.79. The van der Waals surface area contributed by atoms with Gasteiger partial charge in [-0.1, -0.05) is 11.6 Å². The molecule has 22 heavy (non-hydrogen) atoms. The number of nitrogens with zero attached hydrogens (tertiary/aromatic N) is 1. The van der Waals surface area contributed by atoms with E-state index in [1.54, 1.807) is 12.1 Å². The summed E-state index contributed by atoms with van der Waals surface area (Å²) in [6, 6.07) is 4.84. The molecule has 4 saturated carbocycles. The van der Waals surface area contributed by atoms with Gasteiger partial charge in [-0.15, -0.1) is 0 Å². The van der Waals surface area contributed by atoms with Crippen LogP contribution < -0.4 is 5.32 Å². The molecule has 0 spiro atoms. The van der Waals surface area contributed by atoms with Crippen molar-refractivity contribution in [1.29, 1.82) is 0 Å². The van der Waals surface area contributed by atoms with Crippen molar-refractivity contribution < 1.29 is 10.0 Å². The quantitative estimate of drug-likeness (QED) is 0.658. The molecule has 4 fully saturated rings. The fraction of sp³-hybridized carbons (Fsp3) is 0.625. The van der Waals surface area contributed by atoms with Crippen LogP contribution in [0.25, 0.3) is 0 Å². The summed E-state index contributed by atoms with van der Waals surface area (Å²) in [4.78, 5) is 10.8. The zero-order chi connectivity index (χ0) is 15.5. The highest BCUT2D eigenvalue weighted by molar-refractivity contribution is 6.31. The van der Waals surface area contributed by atoms with E-state index >= 15 is 0 Å². The maximum atomic E-state index is 11.2. The fourth-order valence-electron chi connectivity index (χ4n) is 5.18. The Morgan fingerprint density at radius 3 is 2.55 bits per heavy atom. The minimum atomic E-state index is -0.491. The van der Waals surface area contributed by atoms with Crippen molar-refractivity contribution in [3.05, 3.63) is 33.3 Å². The van der Waals surface area contributed by atoms with Crippen LogP contribution in [-0.2, 0) is 0 Å². The van der Waals surface area contributed by atoms with E-state index < -0.39 is 5.60 Å². The van der Waals surface area contributed by atoms with E-state index in [1.165, 1.54) is 6.07 Å². The monoisotopic (exact) mass is 322 g/mol. The van der Waals surface area contributed by atoms with Crippen LogP contribution in [0.15, 0.2) is 18.2 Å². The Morgan fingerprint density at radius 1 is 1.27 bits per heavy atom. The molecule has 6 heteroatoms. The molecule has 0 amide bonds. The van der Waals surface area contributed by atoms with Crippen LogP contribution in [0, 0.1) is 27.9 Å². The molecule has 0 radical (unpaired) electrons. The molecule has 1 aromatic rings. The van der Waals surface area contributed by atoms with Gasteiger partial charge in [0, 0.05) is 17.1 Å². The van der Waals surface area contributed by atoms with Gasteiger partial charge >= 0.3 is 0 Å². The smallest absolute Gasteiger partial charge is 0.292 e. The van der Waals surface area contributed by atoms with E-state index in [1.807, 2.05) is 0 Å². The molecular formula is C16H19ClN2O3. The minimum Gasteiger partial charge on any atom is -0.390 e. The Balaban J connectivity index is 1.62. The maximum Gasteiger partial charge on any atom is 0.292 e. The number of aliphatic hydroxyl groups is 1. The fourth-order valence-corrected chi connectivity index (χ4v) is 5.35. The second-order valence-electron chi connectivity index (χ2n) is 7.28. The molecule has 5 atom stereocenters. The van der Waals surface area contributed by atoms with Gasteiger partial charge in [-0.2, -0.15) is 0 Å². The molecular weight excluding hydrogens is 304 g/mol. The van der Waals surface area contributed by atoms with Crippen molar-refractivity contribution in [2.75, 3.05) is 5.32 Å². The highest BCUT2D eigenvalue weighted by Crippen LogP contribution is 2.56. The van der Waals surface area contributed by atoms with E-state index in [-0.39, 0.29) is 16.7 Å². The van der Waals surface area contributed by atoms with Gasteiger partial charge in [-0.3, -0.25) is 10.1 Å². The van der Waals surface area contributed by atoms with Crippen LogP contribution in [0.4, 0.5) is 11.4 Å². The van der Waals surface area contributed by atoms with Crippen molar-refractivity contribution >= 4 is 23.0 Å². The first-order valence-corrected chi connectivity index (χ1v) is 8.24. The first-order chi connectivity index (χ1) is 10.4. The van der Waals surface area contributed by atoms with Crippen LogP contribution >= 0.6 is 11.6 Å². The topological polar surface area (TPSA) is 75.4 Å². The minimum absolute atomic E-state index is 0.0666. The molecule has 5 rings (SSSR count). The highest BCUT2D eigenvalue weighted by atomic mass is 35.5. The number of nitro benzene ring substituents is 1. The average molecular weight is 323 g/mol. The molecule has 4 aliphatic carbocycles. The molecule has 2 N–H and O–H groups in total. The van der Waals surface area contributed by atoms with Gasteiger partial charge in [0.15, 0.2) is 0 Å². The number of hydrogen-bond acceptors (Lipinski definition) is 4. The first kappa shape index (κ1) is 14.3. The normalized spacial score (nSPS) is 39.0. The second kappa shape index (κ2) is 4.83. The second-order valence-corrected chi connectivity index (χ2v) is 7.72. The molecule has 118 valence electrons. The summed E-state index contributed by atoms with van der Waals surface area (Å²) < 4.78 is 0. The van der Waals surface area contributed by atoms with E-state index in [0.29, 0.717) is 28.5 Å². The van der Waals surface area contributed by atoms with Crippen molar-refractivity contribution in [3.8, 4) is 0 Å². The summed E-state index contributed by atoms with van der Waals surface area (Å²) in [6.45, 7) is 0. The Bertz CT molecular complexity index is 620. The zero-order valence-corrected chi connectivity index (χ0v) is 12.9. The lowest BCUT2D eigenvalue weighted by Gasteiger charge is -2.58. The Hall–Kier alpha value is -1.33. The summed E-state index contributed by atoms with van der Waals surface area (Å²) in [5, 5.41) is 25.7. The van der Waals surface area contributed by atoms with Gasteiger partial charge in [-0.05, 0) is 62.0 Å². The average Bonchev–Trinajstić information content (AvgIpc) is 2.40. The lowest BCUT2D eigenvalue weighted by atomic mass is 9.52. The molecule has 0 aromatic heterocycles. The van der Waals surface area contributed by atoms with E-state index in [0.717, 1.165) is 32.1 Å². The van der Waals surface area contributed by atoms with Crippen LogP contribution in [0.1, 0.15) is 32.1 Å². The highest BCUT2D eigenvalue weighted by Gasteiger charge is 2.54. The van der Waals surface area contributed by atoms with Crippen molar-refractivity contribution in [3.63, 3.8) is 0 Å². The standard InChI is InChI=1S/C16H19ClN2O3/c17-12-1-2-14(19(21)22)13(5-12)18-15-10-3-9-4-11(15)8-16(20,6-9)7-10/h1-2,5,9-11,15,18,20H,3-4,6-8H2/t9?,10-,11+,15?,16?. The number of anilines is 1. The van der Waals surface area contributed by atoms with Crippen LogP contribution in [0.2, 0.25) is 5.02 Å². The first-order valence-electron chi connectivity index (χ1n) is 7.86. The largest absolute Gasteiger partial charge is 0.390 e. The number of benzene rings is 1. The molecule has 0 saturated heterocycles. The number of hydrogen-bond donors (Lipinski definition) is 2. The third-order valence-electron chi connectivity index (χ3n) is 5.72. The Morgan fingerprint density at radius 2 is 1.95 bits per heavy atom. The third-order valence-corrected chi connectivity index (χ3v) is 5.95. The van der Waals surface area contributed by atoms with Crippen LogP contribution in [0.5, 0.6) is 0 Å². The molecule has 4 aliphatic rings. The predicted molar refractivity (Wildman–Crippen MR) is 84.0 cm³/mol. The molecule has 0 heterocycles. The van der Waals surface area contributed by atoms with Crippen LogP contribution in [-0.4, -0.2) is 21.7 Å². The van der Waals surface area contributed by atoms with E-state index in [2.05, 4.69) is 5.32 Å². The summed E-state index contributed by atoms with van der Waals surface area (Å²) in [7, 11) is 0. The number of halogens is 1. The number of nitro groups is 1. The molecule has 4 bridgehead atoms. The lowest BCUT2D eigenvalue weighted by Crippen LogP contribution is -2.58. The summed E-state index contributed by atoms with van der Waals surface area (Å²) in [5.41, 5.74) is 0.0773. The van der Waals surface area contributed by atoms with Gasteiger partial charge in [0.25, 0.3) is 5.69 Å². The SMILES string of the molecule is O=[N+]([O-])c1ccc(Cl)cc1NC1[C@@H]2CC3C[C@H]1CC(O)(C3)C2. The Kier molecular flexibility index (Phi) is 3.13. The van der Waals surface area contributed by atoms with Gasteiger partial charge in [0.2, 0.25) is 0 Å². The molecule has 3 unspecified atom stereocenters. The van der Waals surface area contributed by atoms with Crippen molar-refractivity contribution in [2.24, 2.45) is 17.8 Å². The zero-order valence-electron chi connectivity index (χ0n) is 12.2. The van der Waals surface area contributed by atoms with Crippen LogP contribution in [0.3, 0.4) is 0 Å². The maximum absolute atomic E-state index is 11.2. The predicted octanol–water partition coefficient (Wildman–Crippen LogP) is 3.60. The molecule has 5 nitrogen and oxygen atoms in total. The van der Waals surface area contributed by atoms with Gasteiger partial charge in [0.05, 0.1) is 10.5 Å². The third kappa shape index (κ3) is 2.27. The number of nitrogens with one attached hydrogen (secondary N) is 1. The van der Waals surface area contributed by atoms with Gasteiger partial charge < -0.3 is 10.4 Å². The number of rotatable bonds is 3. The molecule has 1 aromatic carbocycles. The van der Waals surface area contributed by atoms with Crippen molar-refractivity contribution in [2.45, 2.75) is 43.7 Å². The lowest BCUT2D eigenvalue weighted by molar-refractivity contribution is -0.384. The van der Waals surface area contributed by atoms with E-state index in [4.69, 9.17) is 11.6 Å². The molecule has 0 aliphatic heterocycles. The Labute approximate surface area is 133 Å².